The summed E-state index contributed by atoms with van der Waals surface area (Å²) < 4.78 is 14.6. The quantitative estimate of drug-likeness (QED) is 0.824. The van der Waals surface area contributed by atoms with Crippen LogP contribution in [-0.2, 0) is 6.54 Å². The minimum Gasteiger partial charge on any atom is -0.396 e. The number of nitrogens with one attached hydrogen (secondary N) is 1. The fraction of sp³-hybridized carbons (Fsp3) is 0.438. The normalized spacial score (nSPS) is 11.8. The molecule has 0 aliphatic heterocycles. The van der Waals surface area contributed by atoms with Crippen molar-refractivity contribution in [3.63, 3.8) is 0 Å². The van der Waals surface area contributed by atoms with Gasteiger partial charge in [0.2, 0.25) is 0 Å². The van der Waals surface area contributed by atoms with Crippen molar-refractivity contribution in [1.82, 2.24) is 15.1 Å². The van der Waals surface area contributed by atoms with Crippen LogP contribution in [0.3, 0.4) is 0 Å². The van der Waals surface area contributed by atoms with E-state index in [1.165, 1.54) is 12.1 Å². The van der Waals surface area contributed by atoms with Crippen molar-refractivity contribution in [1.29, 1.82) is 0 Å². The third-order valence-corrected chi connectivity index (χ3v) is 3.45. The number of aliphatic hydroxyl groups excluding tert-OH is 1. The van der Waals surface area contributed by atoms with Crippen LogP contribution in [0, 0.1) is 11.2 Å². The summed E-state index contributed by atoms with van der Waals surface area (Å²) in [5.74, 6) is -0.251. The van der Waals surface area contributed by atoms with Gasteiger partial charge in [-0.2, -0.15) is 5.10 Å². The molecule has 2 rings (SSSR count). The highest BCUT2D eigenvalue weighted by molar-refractivity contribution is 5.31. The van der Waals surface area contributed by atoms with Crippen molar-refractivity contribution in [3.8, 4) is 5.69 Å². The highest BCUT2D eigenvalue weighted by Crippen LogP contribution is 2.18. The molecule has 0 saturated carbocycles. The summed E-state index contributed by atoms with van der Waals surface area (Å²) in [4.78, 5) is 0. The van der Waals surface area contributed by atoms with Gasteiger partial charge in [0.1, 0.15) is 5.82 Å². The molecule has 1 aromatic carbocycles. The van der Waals surface area contributed by atoms with Crippen LogP contribution in [0.1, 0.15) is 25.8 Å². The molecule has 2 aromatic rings. The van der Waals surface area contributed by atoms with Crippen LogP contribution in [0.5, 0.6) is 0 Å². The number of aromatic nitrogens is 2. The van der Waals surface area contributed by atoms with Gasteiger partial charge in [-0.3, -0.25) is 0 Å². The highest BCUT2D eigenvalue weighted by Gasteiger charge is 2.16. The largest absolute Gasteiger partial charge is 0.396 e. The summed E-state index contributed by atoms with van der Waals surface area (Å²) in [6, 6.07) is 6.24. The Kier molecular flexibility index (Phi) is 5.09. The van der Waals surface area contributed by atoms with Crippen molar-refractivity contribution >= 4 is 0 Å². The third-order valence-electron chi connectivity index (χ3n) is 3.45. The zero-order chi connectivity index (χ0) is 15.3. The number of hydrogen-bond acceptors (Lipinski definition) is 3. The van der Waals surface area contributed by atoms with Gasteiger partial charge in [0, 0.05) is 31.5 Å². The molecule has 114 valence electrons. The van der Waals surface area contributed by atoms with E-state index in [0.29, 0.717) is 0 Å². The highest BCUT2D eigenvalue weighted by atomic mass is 19.1. The van der Waals surface area contributed by atoms with Crippen molar-refractivity contribution in [2.75, 3.05) is 13.2 Å². The SMILES string of the molecule is CC(C)(CCO)CNCc1cnn(-c2ccc(F)cc2)c1. The van der Waals surface area contributed by atoms with Crippen LogP contribution in [0.25, 0.3) is 5.69 Å². The second-order valence-electron chi connectivity index (χ2n) is 6.01. The van der Waals surface area contributed by atoms with Gasteiger partial charge in [-0.25, -0.2) is 9.07 Å². The van der Waals surface area contributed by atoms with Crippen LogP contribution in [0.15, 0.2) is 36.7 Å². The molecule has 5 heteroatoms. The summed E-state index contributed by atoms with van der Waals surface area (Å²) in [5.41, 5.74) is 1.98. The number of rotatable bonds is 7. The van der Waals surface area contributed by atoms with Crippen molar-refractivity contribution in [2.24, 2.45) is 5.41 Å². The zero-order valence-corrected chi connectivity index (χ0v) is 12.5. The number of nitrogens with zero attached hydrogens (tertiary/aromatic N) is 2. The first kappa shape index (κ1) is 15.7. The molecule has 1 aromatic heterocycles. The molecule has 0 aliphatic carbocycles. The zero-order valence-electron chi connectivity index (χ0n) is 12.5. The molecule has 2 N–H and O–H groups in total. The standard InChI is InChI=1S/C16H22FN3O/c1-16(2,7-8-21)12-18-9-13-10-19-20(11-13)15-5-3-14(17)4-6-15/h3-6,10-11,18,21H,7-9,12H2,1-2H3. The van der Waals surface area contributed by atoms with E-state index in [9.17, 15) is 4.39 Å². The fourth-order valence-electron chi connectivity index (χ4n) is 2.12. The van der Waals surface area contributed by atoms with Gasteiger partial charge in [-0.05, 0) is 36.1 Å². The van der Waals surface area contributed by atoms with Crippen LogP contribution in [0.4, 0.5) is 4.39 Å². The Morgan fingerprint density at radius 2 is 2.00 bits per heavy atom. The van der Waals surface area contributed by atoms with E-state index in [2.05, 4.69) is 24.3 Å². The average molecular weight is 291 g/mol. The molecule has 0 atom stereocenters. The van der Waals surface area contributed by atoms with Crippen molar-refractivity contribution in [3.05, 3.63) is 48.0 Å². The van der Waals surface area contributed by atoms with E-state index in [1.807, 2.05) is 6.20 Å². The van der Waals surface area contributed by atoms with Crippen molar-refractivity contribution in [2.45, 2.75) is 26.8 Å². The first-order chi connectivity index (χ1) is 10.00. The molecule has 0 amide bonds. The molecule has 0 fully saturated rings. The second-order valence-corrected chi connectivity index (χ2v) is 6.01. The summed E-state index contributed by atoms with van der Waals surface area (Å²) in [6.07, 6.45) is 4.50. The van der Waals surface area contributed by atoms with Crippen molar-refractivity contribution < 1.29 is 9.50 Å². The predicted octanol–water partition coefficient (Wildman–Crippen LogP) is 2.51. The molecule has 0 bridgehead atoms. The van der Waals surface area contributed by atoms with E-state index in [0.717, 1.165) is 30.8 Å². The fourth-order valence-corrected chi connectivity index (χ4v) is 2.12. The number of hydrogen-bond donors (Lipinski definition) is 2. The molecule has 0 radical (unpaired) electrons. The van der Waals surface area contributed by atoms with Gasteiger partial charge in [-0.1, -0.05) is 13.8 Å². The summed E-state index contributed by atoms with van der Waals surface area (Å²) in [7, 11) is 0. The predicted molar refractivity (Wildman–Crippen MR) is 80.7 cm³/mol. The molecule has 21 heavy (non-hydrogen) atoms. The minimum atomic E-state index is -0.251. The van der Waals surface area contributed by atoms with Crippen LogP contribution >= 0.6 is 0 Å². The minimum absolute atomic E-state index is 0.0711. The van der Waals surface area contributed by atoms with Gasteiger partial charge in [0.25, 0.3) is 0 Å². The van der Waals surface area contributed by atoms with Crippen LogP contribution in [-0.4, -0.2) is 28.0 Å². The van der Waals surface area contributed by atoms with Gasteiger partial charge in [-0.15, -0.1) is 0 Å². The Balaban J connectivity index is 1.90. The van der Waals surface area contributed by atoms with Crippen LogP contribution < -0.4 is 5.32 Å². The summed E-state index contributed by atoms with van der Waals surface area (Å²) in [5, 5.41) is 16.7. The number of halogens is 1. The smallest absolute Gasteiger partial charge is 0.123 e. The maximum atomic E-state index is 12.9. The first-order valence-electron chi connectivity index (χ1n) is 7.11. The van der Waals surface area contributed by atoms with E-state index in [4.69, 9.17) is 5.11 Å². The Morgan fingerprint density at radius 3 is 2.67 bits per heavy atom. The van der Waals surface area contributed by atoms with Gasteiger partial charge in [0.05, 0.1) is 11.9 Å². The van der Waals surface area contributed by atoms with Gasteiger partial charge < -0.3 is 10.4 Å². The second kappa shape index (κ2) is 6.83. The average Bonchev–Trinajstić information content (AvgIpc) is 2.88. The lowest BCUT2D eigenvalue weighted by atomic mass is 9.90. The monoisotopic (exact) mass is 291 g/mol. The maximum Gasteiger partial charge on any atom is 0.123 e. The molecular weight excluding hydrogens is 269 g/mol. The Bertz CT molecular complexity index is 563. The maximum absolute atomic E-state index is 12.9. The molecule has 0 spiro atoms. The Hall–Kier alpha value is -1.72. The van der Waals surface area contributed by atoms with E-state index in [-0.39, 0.29) is 17.8 Å². The van der Waals surface area contributed by atoms with Gasteiger partial charge >= 0.3 is 0 Å². The lowest BCUT2D eigenvalue weighted by Gasteiger charge is -2.23. The topological polar surface area (TPSA) is 50.1 Å². The Labute approximate surface area is 124 Å². The molecule has 4 nitrogen and oxygen atoms in total. The number of benzene rings is 1. The molecular formula is C16H22FN3O. The number of aliphatic hydroxyl groups is 1. The lowest BCUT2D eigenvalue weighted by molar-refractivity contribution is 0.207. The lowest BCUT2D eigenvalue weighted by Crippen LogP contribution is -2.29. The van der Waals surface area contributed by atoms with Gasteiger partial charge in [0.15, 0.2) is 0 Å². The Morgan fingerprint density at radius 1 is 1.29 bits per heavy atom. The first-order valence-corrected chi connectivity index (χ1v) is 7.11. The van der Waals surface area contributed by atoms with Crippen LogP contribution in [0.2, 0.25) is 0 Å². The van der Waals surface area contributed by atoms with E-state index >= 15 is 0 Å². The van der Waals surface area contributed by atoms with E-state index < -0.39 is 0 Å². The molecule has 1 heterocycles. The summed E-state index contributed by atoms with van der Waals surface area (Å²) in [6.45, 7) is 6.00. The molecule has 0 aliphatic rings. The molecule has 0 saturated heterocycles. The van der Waals surface area contributed by atoms with E-state index in [1.54, 1.807) is 23.0 Å². The third kappa shape index (κ3) is 4.65. The molecule has 0 unspecified atom stereocenters. The summed E-state index contributed by atoms with van der Waals surface area (Å²) >= 11 is 0.